The molecule has 0 unspecified atom stereocenters. The van der Waals surface area contributed by atoms with Gasteiger partial charge in [0.15, 0.2) is 0 Å². The zero-order chi connectivity index (χ0) is 26.6. The van der Waals surface area contributed by atoms with Crippen molar-refractivity contribution >= 4 is 62.3 Å². The molecule has 0 heterocycles. The summed E-state index contributed by atoms with van der Waals surface area (Å²) in [5.74, 6) is -1.77. The summed E-state index contributed by atoms with van der Waals surface area (Å²) in [5.41, 5.74) is 0.432. The number of nitrogens with one attached hydrogen (secondary N) is 1. The Labute approximate surface area is 225 Å². The SMILES string of the molecule is C[C@@H](C(=O)NC1CCCC1)N(Cc1c(Cl)cccc1Cl)C(=O)CN(c1ccc(F)c(Cl)c1)S(C)(=O)=O. The Bertz CT molecular complexity index is 1220. The van der Waals surface area contributed by atoms with Crippen LogP contribution in [0.2, 0.25) is 15.1 Å². The van der Waals surface area contributed by atoms with E-state index in [1.807, 2.05) is 0 Å². The highest BCUT2D eigenvalue weighted by molar-refractivity contribution is 7.92. The fourth-order valence-corrected chi connectivity index (χ4v) is 5.62. The van der Waals surface area contributed by atoms with Crippen molar-refractivity contribution in [2.45, 2.75) is 51.2 Å². The van der Waals surface area contributed by atoms with E-state index in [0.717, 1.165) is 48.4 Å². The standard InChI is InChI=1S/C24H27Cl3FN3O4S/c1-15(24(33)29-16-6-3-4-7-16)30(13-18-19(25)8-5-9-20(18)26)23(32)14-31(36(2,34)35)17-10-11-22(28)21(27)12-17/h5,8-12,15-16H,3-4,6-7,13-14H2,1-2H3,(H,29,33)/t15-/m0/s1. The summed E-state index contributed by atoms with van der Waals surface area (Å²) in [4.78, 5) is 27.9. The van der Waals surface area contributed by atoms with E-state index in [-0.39, 0.29) is 29.2 Å². The third kappa shape index (κ3) is 7.03. The molecule has 2 aromatic carbocycles. The van der Waals surface area contributed by atoms with Crippen molar-refractivity contribution in [3.63, 3.8) is 0 Å². The van der Waals surface area contributed by atoms with Crippen molar-refractivity contribution in [3.05, 3.63) is 62.8 Å². The van der Waals surface area contributed by atoms with E-state index in [0.29, 0.717) is 15.6 Å². The molecule has 2 amide bonds. The highest BCUT2D eigenvalue weighted by Crippen LogP contribution is 2.28. The molecule has 3 rings (SSSR count). The minimum atomic E-state index is -3.98. The van der Waals surface area contributed by atoms with Gasteiger partial charge in [0.2, 0.25) is 21.8 Å². The molecule has 196 valence electrons. The third-order valence-electron chi connectivity index (χ3n) is 6.13. The van der Waals surface area contributed by atoms with Gasteiger partial charge in [0.1, 0.15) is 18.4 Å². The number of benzene rings is 2. The van der Waals surface area contributed by atoms with Gasteiger partial charge in [0, 0.05) is 28.2 Å². The van der Waals surface area contributed by atoms with E-state index in [1.165, 1.54) is 11.0 Å². The number of hydrogen-bond acceptors (Lipinski definition) is 4. The van der Waals surface area contributed by atoms with Crippen LogP contribution in [0.3, 0.4) is 0 Å². The van der Waals surface area contributed by atoms with Gasteiger partial charge in [0.05, 0.1) is 17.0 Å². The van der Waals surface area contributed by atoms with E-state index in [2.05, 4.69) is 5.32 Å². The van der Waals surface area contributed by atoms with E-state index in [4.69, 9.17) is 34.8 Å². The fraction of sp³-hybridized carbons (Fsp3) is 0.417. The predicted molar refractivity (Wildman–Crippen MR) is 140 cm³/mol. The number of carbonyl (C=O) groups is 2. The van der Waals surface area contributed by atoms with Crippen molar-refractivity contribution in [1.29, 1.82) is 0 Å². The molecule has 1 aliphatic carbocycles. The monoisotopic (exact) mass is 577 g/mol. The second-order valence-electron chi connectivity index (χ2n) is 8.76. The summed E-state index contributed by atoms with van der Waals surface area (Å²) < 4.78 is 39.7. The van der Waals surface area contributed by atoms with Gasteiger partial charge in [-0.1, -0.05) is 53.7 Å². The summed E-state index contributed by atoms with van der Waals surface area (Å²) in [7, 11) is -3.98. The van der Waals surface area contributed by atoms with Crippen LogP contribution in [0.15, 0.2) is 36.4 Å². The van der Waals surface area contributed by atoms with Crippen molar-refractivity contribution in [1.82, 2.24) is 10.2 Å². The lowest BCUT2D eigenvalue weighted by atomic mass is 10.1. The number of amides is 2. The quantitative estimate of drug-likeness (QED) is 0.452. The maximum Gasteiger partial charge on any atom is 0.244 e. The molecule has 1 aliphatic rings. The van der Waals surface area contributed by atoms with Crippen LogP contribution in [-0.4, -0.2) is 50.0 Å². The minimum Gasteiger partial charge on any atom is -0.352 e. The highest BCUT2D eigenvalue weighted by atomic mass is 35.5. The van der Waals surface area contributed by atoms with E-state index in [1.54, 1.807) is 25.1 Å². The van der Waals surface area contributed by atoms with Gasteiger partial charge in [-0.25, -0.2) is 12.8 Å². The maximum atomic E-state index is 13.7. The smallest absolute Gasteiger partial charge is 0.244 e. The number of hydrogen-bond donors (Lipinski definition) is 1. The van der Waals surface area contributed by atoms with E-state index in [9.17, 15) is 22.4 Å². The summed E-state index contributed by atoms with van der Waals surface area (Å²) in [6, 6.07) is 7.28. The molecule has 1 N–H and O–H groups in total. The first-order chi connectivity index (χ1) is 16.9. The number of rotatable bonds is 9. The molecule has 7 nitrogen and oxygen atoms in total. The van der Waals surface area contributed by atoms with Crippen molar-refractivity contribution < 1.29 is 22.4 Å². The van der Waals surface area contributed by atoms with Crippen LogP contribution in [0.4, 0.5) is 10.1 Å². The van der Waals surface area contributed by atoms with Gasteiger partial charge in [0.25, 0.3) is 0 Å². The third-order valence-corrected chi connectivity index (χ3v) is 8.27. The highest BCUT2D eigenvalue weighted by Gasteiger charge is 2.32. The molecule has 1 fully saturated rings. The Kier molecular flexibility index (Phi) is 9.49. The zero-order valence-electron chi connectivity index (χ0n) is 19.8. The van der Waals surface area contributed by atoms with Crippen LogP contribution in [0, 0.1) is 5.82 Å². The molecule has 1 saturated carbocycles. The van der Waals surface area contributed by atoms with Crippen molar-refractivity contribution in [2.24, 2.45) is 0 Å². The molecule has 0 radical (unpaired) electrons. The minimum absolute atomic E-state index is 0.0102. The fourth-order valence-electron chi connectivity index (χ4n) is 4.08. The number of anilines is 1. The molecule has 2 aromatic rings. The molecule has 0 spiro atoms. The van der Waals surface area contributed by atoms with Crippen LogP contribution >= 0.6 is 34.8 Å². The normalized spacial score (nSPS) is 14.9. The Morgan fingerprint density at radius 1 is 1.08 bits per heavy atom. The molecular weight excluding hydrogens is 552 g/mol. The predicted octanol–water partition coefficient (Wildman–Crippen LogP) is 5.03. The molecule has 36 heavy (non-hydrogen) atoms. The molecule has 0 bridgehead atoms. The lowest BCUT2D eigenvalue weighted by Crippen LogP contribution is -2.52. The maximum absolute atomic E-state index is 13.7. The Hall–Kier alpha value is -2.07. The van der Waals surface area contributed by atoms with Gasteiger partial charge in [-0.05, 0) is 50.1 Å². The lowest BCUT2D eigenvalue weighted by molar-refractivity contribution is -0.139. The van der Waals surface area contributed by atoms with Gasteiger partial charge in [-0.15, -0.1) is 0 Å². The van der Waals surface area contributed by atoms with Crippen LogP contribution in [0.25, 0.3) is 0 Å². The first-order valence-corrected chi connectivity index (χ1v) is 14.3. The zero-order valence-corrected chi connectivity index (χ0v) is 22.9. The van der Waals surface area contributed by atoms with Gasteiger partial charge in [-0.3, -0.25) is 13.9 Å². The molecule has 0 aliphatic heterocycles. The van der Waals surface area contributed by atoms with Crippen LogP contribution in [-0.2, 0) is 26.2 Å². The topological polar surface area (TPSA) is 86.8 Å². The Balaban J connectivity index is 1.94. The van der Waals surface area contributed by atoms with Gasteiger partial charge < -0.3 is 10.2 Å². The number of nitrogens with zero attached hydrogens (tertiary/aromatic N) is 2. The van der Waals surface area contributed by atoms with Gasteiger partial charge >= 0.3 is 0 Å². The second-order valence-corrected chi connectivity index (χ2v) is 11.9. The second kappa shape index (κ2) is 12.0. The summed E-state index contributed by atoms with van der Waals surface area (Å²) in [6.45, 7) is 0.786. The molecular formula is C24H27Cl3FN3O4S. The summed E-state index contributed by atoms with van der Waals surface area (Å²) >= 11 is 18.5. The number of halogens is 4. The van der Waals surface area contributed by atoms with Crippen molar-refractivity contribution in [3.8, 4) is 0 Å². The van der Waals surface area contributed by atoms with Crippen LogP contribution < -0.4 is 9.62 Å². The molecule has 12 heteroatoms. The van der Waals surface area contributed by atoms with Crippen molar-refractivity contribution in [2.75, 3.05) is 17.1 Å². The average Bonchev–Trinajstić information content (AvgIpc) is 3.31. The molecule has 0 aromatic heterocycles. The largest absolute Gasteiger partial charge is 0.352 e. The molecule has 1 atom stereocenters. The Morgan fingerprint density at radius 3 is 2.25 bits per heavy atom. The first kappa shape index (κ1) is 28.5. The van der Waals surface area contributed by atoms with Gasteiger partial charge in [-0.2, -0.15) is 0 Å². The number of sulfonamides is 1. The molecule has 0 saturated heterocycles. The summed E-state index contributed by atoms with van der Waals surface area (Å²) in [6.07, 6.45) is 4.66. The lowest BCUT2D eigenvalue weighted by Gasteiger charge is -2.32. The number of carbonyl (C=O) groups excluding carboxylic acids is 2. The van der Waals surface area contributed by atoms with Crippen LogP contribution in [0.1, 0.15) is 38.2 Å². The Morgan fingerprint density at radius 2 is 1.69 bits per heavy atom. The van der Waals surface area contributed by atoms with Crippen LogP contribution in [0.5, 0.6) is 0 Å². The summed E-state index contributed by atoms with van der Waals surface area (Å²) in [5, 5.41) is 3.27. The van der Waals surface area contributed by atoms with E-state index < -0.39 is 34.3 Å². The average molecular weight is 579 g/mol. The first-order valence-electron chi connectivity index (χ1n) is 11.3. The van der Waals surface area contributed by atoms with E-state index >= 15 is 0 Å².